The summed E-state index contributed by atoms with van der Waals surface area (Å²) in [7, 11) is 0. The molecule has 17 heavy (non-hydrogen) atoms. The van der Waals surface area contributed by atoms with Gasteiger partial charge in [0, 0.05) is 11.1 Å². The van der Waals surface area contributed by atoms with Crippen molar-refractivity contribution in [3.8, 4) is 6.07 Å². The Hall–Kier alpha value is -1.25. The molecule has 0 saturated carbocycles. The third-order valence-electron chi connectivity index (χ3n) is 2.14. The molecule has 0 aromatic heterocycles. The monoisotopic (exact) mass is 262 g/mol. The molecule has 0 unspecified atom stereocenters. The van der Waals surface area contributed by atoms with E-state index in [1.165, 1.54) is 24.3 Å². The summed E-state index contributed by atoms with van der Waals surface area (Å²) in [5.74, 6) is 0. The highest BCUT2D eigenvalue weighted by Gasteiger charge is 2.32. The fourth-order valence-electron chi connectivity index (χ4n) is 1.40. The zero-order valence-electron chi connectivity index (χ0n) is 8.76. The number of hydrogen-bond donors (Lipinski definition) is 1. The molecule has 92 valence electrons. The van der Waals surface area contributed by atoms with Crippen molar-refractivity contribution < 1.29 is 13.2 Å². The molecule has 1 aromatic carbocycles. The Bertz CT molecular complexity index is 395. The van der Waals surface area contributed by atoms with Crippen molar-refractivity contribution in [2.75, 3.05) is 6.54 Å². The molecule has 1 atom stereocenters. The van der Waals surface area contributed by atoms with Crippen molar-refractivity contribution in [1.29, 1.82) is 5.26 Å². The van der Waals surface area contributed by atoms with E-state index in [1.807, 2.05) is 0 Å². The van der Waals surface area contributed by atoms with Gasteiger partial charge in [-0.3, -0.25) is 5.32 Å². The maximum atomic E-state index is 12.3. The highest BCUT2D eigenvalue weighted by atomic mass is 35.5. The average Bonchev–Trinajstić information content (AvgIpc) is 2.24. The van der Waals surface area contributed by atoms with Crippen LogP contribution in [-0.4, -0.2) is 12.7 Å². The zero-order chi connectivity index (χ0) is 12.9. The van der Waals surface area contributed by atoms with Crippen LogP contribution in [0.3, 0.4) is 0 Å². The average molecular weight is 263 g/mol. The van der Waals surface area contributed by atoms with Crippen LogP contribution in [0.4, 0.5) is 13.2 Å². The zero-order valence-corrected chi connectivity index (χ0v) is 9.52. The van der Waals surface area contributed by atoms with Crippen molar-refractivity contribution in [3.63, 3.8) is 0 Å². The summed E-state index contributed by atoms with van der Waals surface area (Å²) in [5.41, 5.74) is 0.460. The summed E-state index contributed by atoms with van der Waals surface area (Å²) in [6.07, 6.45) is -5.30. The summed E-state index contributed by atoms with van der Waals surface area (Å²) < 4.78 is 37.0. The van der Waals surface area contributed by atoms with Gasteiger partial charge in [0.25, 0.3) is 0 Å². The Morgan fingerprint density at radius 2 is 1.88 bits per heavy atom. The Morgan fingerprint density at radius 3 is 2.35 bits per heavy atom. The van der Waals surface area contributed by atoms with Gasteiger partial charge in [-0.1, -0.05) is 23.7 Å². The lowest BCUT2D eigenvalue weighted by molar-refractivity contribution is -0.140. The van der Waals surface area contributed by atoms with Crippen LogP contribution in [0, 0.1) is 11.3 Å². The maximum absolute atomic E-state index is 12.3. The first-order valence-corrected chi connectivity index (χ1v) is 5.23. The van der Waals surface area contributed by atoms with Gasteiger partial charge in [-0.15, -0.1) is 0 Å². The highest BCUT2D eigenvalue weighted by Crippen LogP contribution is 2.29. The molecule has 0 heterocycles. The van der Waals surface area contributed by atoms with Gasteiger partial charge >= 0.3 is 6.18 Å². The third kappa shape index (κ3) is 5.07. The Balaban J connectivity index is 2.82. The van der Waals surface area contributed by atoms with Crippen LogP contribution in [0.5, 0.6) is 0 Å². The number of hydrogen-bond acceptors (Lipinski definition) is 2. The summed E-state index contributed by atoms with van der Waals surface area (Å²) in [6, 6.07) is 6.91. The van der Waals surface area contributed by atoms with Gasteiger partial charge in [0.1, 0.15) is 0 Å². The Labute approximate surface area is 102 Å². The SMILES string of the molecule is N#CCN[C@@H](CC(F)(F)F)c1ccc(Cl)cc1. The second kappa shape index (κ2) is 5.89. The molecule has 0 aliphatic rings. The van der Waals surface area contributed by atoms with E-state index in [9.17, 15) is 13.2 Å². The van der Waals surface area contributed by atoms with Gasteiger partial charge in [0.15, 0.2) is 0 Å². The van der Waals surface area contributed by atoms with Crippen LogP contribution in [0.2, 0.25) is 5.02 Å². The van der Waals surface area contributed by atoms with Crippen LogP contribution in [0.15, 0.2) is 24.3 Å². The predicted molar refractivity (Wildman–Crippen MR) is 58.5 cm³/mol. The van der Waals surface area contributed by atoms with E-state index in [-0.39, 0.29) is 6.54 Å². The minimum atomic E-state index is -4.28. The van der Waals surface area contributed by atoms with Gasteiger partial charge in [0.05, 0.1) is 19.0 Å². The first-order chi connectivity index (χ1) is 7.92. The van der Waals surface area contributed by atoms with Gasteiger partial charge in [-0.05, 0) is 17.7 Å². The number of halogens is 4. The molecule has 1 N–H and O–H groups in total. The molecule has 0 aliphatic carbocycles. The second-order valence-corrected chi connectivity index (χ2v) is 3.90. The minimum absolute atomic E-state index is 0.136. The number of rotatable bonds is 4. The lowest BCUT2D eigenvalue weighted by Gasteiger charge is -2.19. The van der Waals surface area contributed by atoms with Gasteiger partial charge < -0.3 is 0 Å². The van der Waals surface area contributed by atoms with Crippen LogP contribution in [0.25, 0.3) is 0 Å². The van der Waals surface area contributed by atoms with E-state index in [4.69, 9.17) is 16.9 Å². The van der Waals surface area contributed by atoms with E-state index < -0.39 is 18.6 Å². The molecular weight excluding hydrogens is 253 g/mol. The number of nitrogens with one attached hydrogen (secondary N) is 1. The minimum Gasteiger partial charge on any atom is -0.297 e. The van der Waals surface area contributed by atoms with Crippen LogP contribution in [-0.2, 0) is 0 Å². The lowest BCUT2D eigenvalue weighted by Crippen LogP contribution is -2.27. The van der Waals surface area contributed by atoms with Crippen molar-refractivity contribution in [2.45, 2.75) is 18.6 Å². The molecule has 0 radical (unpaired) electrons. The third-order valence-corrected chi connectivity index (χ3v) is 2.39. The first kappa shape index (κ1) is 13.8. The number of nitriles is 1. The van der Waals surface area contributed by atoms with Crippen LogP contribution >= 0.6 is 11.6 Å². The molecule has 0 bridgehead atoms. The maximum Gasteiger partial charge on any atom is 0.390 e. The van der Waals surface area contributed by atoms with Crippen molar-refractivity contribution in [3.05, 3.63) is 34.9 Å². The van der Waals surface area contributed by atoms with Gasteiger partial charge in [-0.2, -0.15) is 18.4 Å². The molecule has 1 rings (SSSR count). The standard InChI is InChI=1S/C11H10ClF3N2/c12-9-3-1-8(2-4-9)10(17-6-5-16)7-11(13,14)15/h1-4,10,17H,6-7H2/t10-/m0/s1. The van der Waals surface area contributed by atoms with E-state index >= 15 is 0 Å². The molecule has 0 spiro atoms. The van der Waals surface area contributed by atoms with Crippen molar-refractivity contribution in [1.82, 2.24) is 5.32 Å². The van der Waals surface area contributed by atoms with Gasteiger partial charge in [0.2, 0.25) is 0 Å². The number of benzene rings is 1. The van der Waals surface area contributed by atoms with Crippen LogP contribution in [0.1, 0.15) is 18.0 Å². The molecule has 0 aliphatic heterocycles. The summed E-state index contributed by atoms with van der Waals surface area (Å²) in [4.78, 5) is 0. The molecular formula is C11H10ClF3N2. The lowest BCUT2D eigenvalue weighted by atomic mass is 10.0. The molecule has 0 amide bonds. The number of nitrogens with zero attached hydrogens (tertiary/aromatic N) is 1. The predicted octanol–water partition coefficient (Wildman–Crippen LogP) is 3.45. The molecule has 0 saturated heterocycles. The quantitative estimate of drug-likeness (QED) is 0.844. The first-order valence-electron chi connectivity index (χ1n) is 4.85. The highest BCUT2D eigenvalue weighted by molar-refractivity contribution is 6.30. The molecule has 2 nitrogen and oxygen atoms in total. The van der Waals surface area contributed by atoms with E-state index in [0.29, 0.717) is 10.6 Å². The fourth-order valence-corrected chi connectivity index (χ4v) is 1.53. The van der Waals surface area contributed by atoms with Crippen LogP contribution < -0.4 is 5.32 Å². The smallest absolute Gasteiger partial charge is 0.297 e. The van der Waals surface area contributed by atoms with Crippen molar-refractivity contribution >= 4 is 11.6 Å². The Kier molecular flexibility index (Phi) is 4.79. The normalized spacial score (nSPS) is 13.1. The van der Waals surface area contributed by atoms with E-state index in [2.05, 4.69) is 5.32 Å². The number of alkyl halides is 3. The fraction of sp³-hybridized carbons (Fsp3) is 0.364. The second-order valence-electron chi connectivity index (χ2n) is 3.46. The summed E-state index contributed by atoms with van der Waals surface area (Å²) in [5, 5.41) is 11.4. The topological polar surface area (TPSA) is 35.8 Å². The van der Waals surface area contributed by atoms with Crippen molar-refractivity contribution in [2.24, 2.45) is 0 Å². The molecule has 6 heteroatoms. The molecule has 0 fully saturated rings. The molecule has 1 aromatic rings. The van der Waals surface area contributed by atoms with E-state index in [1.54, 1.807) is 6.07 Å². The largest absolute Gasteiger partial charge is 0.390 e. The summed E-state index contributed by atoms with van der Waals surface area (Å²) in [6.45, 7) is -0.136. The van der Waals surface area contributed by atoms with E-state index in [0.717, 1.165) is 0 Å². The van der Waals surface area contributed by atoms with Gasteiger partial charge in [-0.25, -0.2) is 0 Å². The summed E-state index contributed by atoms with van der Waals surface area (Å²) >= 11 is 5.66. The Morgan fingerprint density at radius 1 is 1.29 bits per heavy atom.